The molecule has 2 aromatic heterocycles. The van der Waals surface area contributed by atoms with Gasteiger partial charge in [-0.1, -0.05) is 67.1 Å². The molecule has 0 saturated heterocycles. The van der Waals surface area contributed by atoms with Gasteiger partial charge in [0.25, 0.3) is 0 Å². The van der Waals surface area contributed by atoms with E-state index in [-0.39, 0.29) is 17.6 Å². The Morgan fingerprint density at radius 2 is 1.88 bits per heavy atom. The van der Waals surface area contributed by atoms with E-state index in [1.807, 2.05) is 36.6 Å². The van der Waals surface area contributed by atoms with Gasteiger partial charge in [-0.3, -0.25) is 0 Å². The fraction of sp³-hybridized carbons (Fsp3) is 0.250. The number of ether oxygens (including phenoxy) is 1. The number of esters is 1. The summed E-state index contributed by atoms with van der Waals surface area (Å²) in [6, 6.07) is 18.0. The number of benzene rings is 2. The van der Waals surface area contributed by atoms with E-state index < -0.39 is 5.97 Å². The number of aromatic nitrogens is 4. The number of nitrogens with zero attached hydrogens (tertiary/aromatic N) is 4. The molecule has 0 N–H and O–H groups in total. The van der Waals surface area contributed by atoms with Gasteiger partial charge in [-0.05, 0) is 36.8 Å². The molecular formula is C24H24N4O2S2. The molecule has 8 heteroatoms. The summed E-state index contributed by atoms with van der Waals surface area (Å²) in [5, 5.41) is 15.0. The third-order valence-corrected chi connectivity index (χ3v) is 6.27. The summed E-state index contributed by atoms with van der Waals surface area (Å²) in [7, 11) is 0. The second-order valence-corrected chi connectivity index (χ2v) is 9.45. The van der Waals surface area contributed by atoms with Gasteiger partial charge in [-0.25, -0.2) is 9.48 Å². The molecule has 0 aliphatic rings. The fourth-order valence-corrected chi connectivity index (χ4v) is 4.46. The lowest BCUT2D eigenvalue weighted by Crippen LogP contribution is -2.08. The molecule has 2 heterocycles. The summed E-state index contributed by atoms with van der Waals surface area (Å²) in [4.78, 5) is 12.6. The molecule has 0 aliphatic carbocycles. The molecule has 0 bridgehead atoms. The highest BCUT2D eigenvalue weighted by Gasteiger charge is 2.22. The van der Waals surface area contributed by atoms with Gasteiger partial charge in [0.1, 0.15) is 16.6 Å². The highest BCUT2D eigenvalue weighted by Crippen LogP contribution is 2.33. The average molecular weight is 465 g/mol. The first-order chi connectivity index (χ1) is 15.5. The number of thioether (sulfide) groups is 1. The normalized spacial score (nSPS) is 11.2. The molecule has 0 spiro atoms. The van der Waals surface area contributed by atoms with Gasteiger partial charge in [-0.2, -0.15) is 5.10 Å². The van der Waals surface area contributed by atoms with E-state index in [9.17, 15) is 4.79 Å². The van der Waals surface area contributed by atoms with Crippen LogP contribution >= 0.6 is 23.1 Å². The number of carbonyl (C=O) groups excluding carboxylic acids is 1. The van der Waals surface area contributed by atoms with Crippen molar-refractivity contribution in [2.75, 3.05) is 12.2 Å². The summed E-state index contributed by atoms with van der Waals surface area (Å²) in [6.45, 7) is 6.32. The van der Waals surface area contributed by atoms with Gasteiger partial charge >= 0.3 is 5.97 Å². The molecule has 0 fully saturated rings. The van der Waals surface area contributed by atoms with E-state index in [2.05, 4.69) is 54.3 Å². The summed E-state index contributed by atoms with van der Waals surface area (Å²) in [5.41, 5.74) is 5.18. The maximum Gasteiger partial charge on any atom is 0.359 e. The third-order valence-electron chi connectivity index (χ3n) is 4.92. The predicted octanol–water partition coefficient (Wildman–Crippen LogP) is 5.97. The topological polar surface area (TPSA) is 69.9 Å². The van der Waals surface area contributed by atoms with Gasteiger partial charge < -0.3 is 4.74 Å². The molecule has 2 aromatic carbocycles. The molecule has 32 heavy (non-hydrogen) atoms. The van der Waals surface area contributed by atoms with Crippen LogP contribution in [0.3, 0.4) is 0 Å². The van der Waals surface area contributed by atoms with Gasteiger partial charge in [0.05, 0.1) is 5.69 Å². The second kappa shape index (κ2) is 9.67. The van der Waals surface area contributed by atoms with Crippen molar-refractivity contribution in [3.05, 3.63) is 71.4 Å². The van der Waals surface area contributed by atoms with E-state index in [1.54, 1.807) is 10.7 Å². The van der Waals surface area contributed by atoms with Gasteiger partial charge in [-0.15, -0.1) is 22.0 Å². The van der Waals surface area contributed by atoms with Crippen LogP contribution in [-0.4, -0.2) is 38.1 Å². The molecule has 0 radical (unpaired) electrons. The minimum absolute atomic E-state index is 0.250. The maximum atomic E-state index is 12.6. The van der Waals surface area contributed by atoms with Crippen LogP contribution < -0.4 is 0 Å². The number of hydrogen-bond donors (Lipinski definition) is 0. The van der Waals surface area contributed by atoms with Crippen LogP contribution in [-0.2, 0) is 4.74 Å². The van der Waals surface area contributed by atoms with Crippen LogP contribution in [0.2, 0.25) is 0 Å². The molecular weight excluding hydrogens is 440 g/mol. The minimum Gasteiger partial charge on any atom is -0.450 e. The minimum atomic E-state index is -0.454. The molecule has 6 nitrogen and oxygen atoms in total. The van der Waals surface area contributed by atoms with E-state index in [1.165, 1.54) is 23.1 Å². The lowest BCUT2D eigenvalue weighted by Gasteiger charge is -2.14. The van der Waals surface area contributed by atoms with Crippen LogP contribution in [0.15, 0.2) is 54.6 Å². The SMILES string of the molecule is CSCOC(=O)c1cc(-c2nnc(-c3cccc(C)c3)s2)n(-c2ccccc2C(C)C)n1. The van der Waals surface area contributed by atoms with Gasteiger partial charge in [0, 0.05) is 11.6 Å². The predicted molar refractivity (Wildman–Crippen MR) is 131 cm³/mol. The highest BCUT2D eigenvalue weighted by molar-refractivity contribution is 7.98. The number of rotatable bonds is 7. The van der Waals surface area contributed by atoms with E-state index in [0.717, 1.165) is 27.4 Å². The lowest BCUT2D eigenvalue weighted by atomic mass is 10.0. The molecule has 0 saturated carbocycles. The molecule has 164 valence electrons. The Morgan fingerprint density at radius 1 is 1.09 bits per heavy atom. The molecule has 4 rings (SSSR count). The molecule has 0 amide bonds. The first-order valence-corrected chi connectivity index (χ1v) is 12.4. The van der Waals surface area contributed by atoms with Crippen molar-refractivity contribution in [2.24, 2.45) is 0 Å². The van der Waals surface area contributed by atoms with E-state index in [4.69, 9.17) is 4.74 Å². The second-order valence-electron chi connectivity index (χ2n) is 7.66. The Bertz CT molecular complexity index is 1250. The number of carbonyl (C=O) groups is 1. The van der Waals surface area contributed by atoms with Crippen molar-refractivity contribution < 1.29 is 9.53 Å². The van der Waals surface area contributed by atoms with Crippen molar-refractivity contribution in [1.29, 1.82) is 0 Å². The first kappa shape index (κ1) is 22.2. The highest BCUT2D eigenvalue weighted by atomic mass is 32.2. The Morgan fingerprint density at radius 3 is 2.62 bits per heavy atom. The zero-order valence-electron chi connectivity index (χ0n) is 18.4. The largest absolute Gasteiger partial charge is 0.450 e. The standard InChI is InChI=1S/C24H24N4O2S2/c1-15(2)18-10-5-6-11-20(18)28-21(13-19(27-28)24(29)30-14-31-4)23-26-25-22(32-23)17-9-7-8-16(3)12-17/h5-13,15H,14H2,1-4H3. The van der Waals surface area contributed by atoms with Gasteiger partial charge in [0.2, 0.25) is 0 Å². The van der Waals surface area contributed by atoms with Crippen LogP contribution in [0.4, 0.5) is 0 Å². The van der Waals surface area contributed by atoms with Gasteiger partial charge in [0.15, 0.2) is 10.7 Å². The van der Waals surface area contributed by atoms with Crippen LogP contribution in [0, 0.1) is 6.92 Å². The zero-order chi connectivity index (χ0) is 22.7. The summed E-state index contributed by atoms with van der Waals surface area (Å²) in [6.07, 6.45) is 1.88. The van der Waals surface area contributed by atoms with Crippen LogP contribution in [0.5, 0.6) is 0 Å². The smallest absolute Gasteiger partial charge is 0.359 e. The van der Waals surface area contributed by atoms with Crippen LogP contribution in [0.1, 0.15) is 41.4 Å². The number of para-hydroxylation sites is 1. The first-order valence-electron chi connectivity index (χ1n) is 10.2. The van der Waals surface area contributed by atoms with Crippen molar-refractivity contribution >= 4 is 29.1 Å². The Balaban J connectivity index is 1.83. The number of aryl methyl sites for hydroxylation is 1. The van der Waals surface area contributed by atoms with E-state index in [0.29, 0.717) is 10.7 Å². The quantitative estimate of drug-likeness (QED) is 0.248. The monoisotopic (exact) mass is 464 g/mol. The lowest BCUT2D eigenvalue weighted by molar-refractivity contribution is 0.0572. The average Bonchev–Trinajstić information content (AvgIpc) is 3.45. The van der Waals surface area contributed by atoms with Crippen molar-refractivity contribution in [2.45, 2.75) is 26.7 Å². The molecule has 0 unspecified atom stereocenters. The summed E-state index contributed by atoms with van der Waals surface area (Å²) in [5.74, 6) is 0.108. The number of hydrogen-bond acceptors (Lipinski definition) is 7. The summed E-state index contributed by atoms with van der Waals surface area (Å²) >= 11 is 2.91. The van der Waals surface area contributed by atoms with E-state index >= 15 is 0 Å². The molecule has 0 atom stereocenters. The van der Waals surface area contributed by atoms with Crippen molar-refractivity contribution in [1.82, 2.24) is 20.0 Å². The fourth-order valence-electron chi connectivity index (χ4n) is 3.39. The molecule has 0 aliphatic heterocycles. The molecule has 4 aromatic rings. The Kier molecular flexibility index (Phi) is 6.72. The summed E-state index contributed by atoms with van der Waals surface area (Å²) < 4.78 is 7.08. The van der Waals surface area contributed by atoms with Crippen LogP contribution in [0.25, 0.3) is 27.0 Å². The Hall–Kier alpha value is -2.97. The zero-order valence-corrected chi connectivity index (χ0v) is 20.0. The van der Waals surface area contributed by atoms with Crippen molar-refractivity contribution in [3.8, 4) is 27.0 Å². The maximum absolute atomic E-state index is 12.6. The third kappa shape index (κ3) is 4.61. The Labute approximate surface area is 195 Å². The van der Waals surface area contributed by atoms with Crippen molar-refractivity contribution in [3.63, 3.8) is 0 Å².